The first-order valence-corrected chi connectivity index (χ1v) is 10.4. The molecule has 1 saturated heterocycles. The standard InChI is InChI=1S/C15H24N2O3S2/c1-10(16)13-6-4-5-7-17(13)15(18)14-8-12(11(2)21-14)9-22(3,19)20/h8,10,13H,4-7,9,16H2,1-3H3/t10-,13+/m0/s1. The number of thiophene rings is 1. The van der Waals surface area contributed by atoms with Crippen LogP contribution in [0.5, 0.6) is 0 Å². The van der Waals surface area contributed by atoms with Crippen LogP contribution in [0.15, 0.2) is 6.07 Å². The van der Waals surface area contributed by atoms with Gasteiger partial charge in [-0.25, -0.2) is 8.42 Å². The number of aryl methyl sites for hydroxylation is 1. The first-order valence-electron chi connectivity index (χ1n) is 7.52. The zero-order valence-corrected chi connectivity index (χ0v) is 15.0. The fourth-order valence-corrected chi connectivity index (χ4v) is 4.90. The average Bonchev–Trinajstić information content (AvgIpc) is 2.77. The van der Waals surface area contributed by atoms with E-state index in [0.717, 1.165) is 36.2 Å². The summed E-state index contributed by atoms with van der Waals surface area (Å²) in [5.41, 5.74) is 6.75. The van der Waals surface area contributed by atoms with Gasteiger partial charge < -0.3 is 10.6 Å². The van der Waals surface area contributed by atoms with Crippen molar-refractivity contribution in [3.05, 3.63) is 21.4 Å². The lowest BCUT2D eigenvalue weighted by Crippen LogP contribution is -2.51. The van der Waals surface area contributed by atoms with E-state index in [9.17, 15) is 13.2 Å². The van der Waals surface area contributed by atoms with E-state index in [4.69, 9.17) is 5.73 Å². The van der Waals surface area contributed by atoms with E-state index in [0.29, 0.717) is 4.88 Å². The van der Waals surface area contributed by atoms with Crippen LogP contribution in [0, 0.1) is 6.92 Å². The molecule has 1 aromatic heterocycles. The number of hydrogen-bond acceptors (Lipinski definition) is 5. The fraction of sp³-hybridized carbons (Fsp3) is 0.667. The summed E-state index contributed by atoms with van der Waals surface area (Å²) in [6, 6.07) is 1.75. The molecule has 0 aliphatic carbocycles. The SMILES string of the molecule is Cc1sc(C(=O)N2CCCC[C@@H]2[C@H](C)N)cc1CS(C)(=O)=O. The Morgan fingerprint density at radius 3 is 2.77 bits per heavy atom. The third kappa shape index (κ3) is 4.08. The van der Waals surface area contributed by atoms with Crippen LogP contribution in [0.4, 0.5) is 0 Å². The Morgan fingerprint density at radius 2 is 2.18 bits per heavy atom. The molecule has 1 aliphatic heterocycles. The van der Waals surface area contributed by atoms with Gasteiger partial charge in [-0.15, -0.1) is 11.3 Å². The van der Waals surface area contributed by atoms with E-state index < -0.39 is 9.84 Å². The molecular formula is C15H24N2O3S2. The highest BCUT2D eigenvalue weighted by molar-refractivity contribution is 7.89. The quantitative estimate of drug-likeness (QED) is 0.905. The van der Waals surface area contributed by atoms with E-state index in [2.05, 4.69) is 0 Å². The van der Waals surface area contributed by atoms with Crippen LogP contribution in [0.25, 0.3) is 0 Å². The number of carbonyl (C=O) groups is 1. The van der Waals surface area contributed by atoms with Crippen molar-refractivity contribution in [2.24, 2.45) is 5.73 Å². The Kier molecular flexibility index (Phi) is 5.29. The van der Waals surface area contributed by atoms with Crippen LogP contribution in [0.1, 0.15) is 46.3 Å². The Morgan fingerprint density at radius 1 is 1.50 bits per heavy atom. The molecule has 0 aromatic carbocycles. The van der Waals surface area contributed by atoms with Gasteiger partial charge in [-0.1, -0.05) is 0 Å². The molecule has 0 bridgehead atoms. The maximum Gasteiger partial charge on any atom is 0.264 e. The molecule has 0 saturated carbocycles. The Hall–Kier alpha value is -0.920. The van der Waals surface area contributed by atoms with Crippen molar-refractivity contribution in [1.82, 2.24) is 4.90 Å². The van der Waals surface area contributed by atoms with Crippen molar-refractivity contribution < 1.29 is 13.2 Å². The normalized spacial score (nSPS) is 20.9. The van der Waals surface area contributed by atoms with Crippen LogP contribution in [0.3, 0.4) is 0 Å². The summed E-state index contributed by atoms with van der Waals surface area (Å²) in [6.45, 7) is 4.52. The van der Waals surface area contributed by atoms with Crippen molar-refractivity contribution in [3.8, 4) is 0 Å². The summed E-state index contributed by atoms with van der Waals surface area (Å²) in [5.74, 6) is -0.0332. The maximum atomic E-state index is 12.8. The Bertz CT molecular complexity index is 650. The lowest BCUT2D eigenvalue weighted by Gasteiger charge is -2.37. The maximum absolute atomic E-state index is 12.8. The van der Waals surface area contributed by atoms with Crippen molar-refractivity contribution >= 4 is 27.1 Å². The molecule has 2 rings (SSSR count). The number of piperidine rings is 1. The van der Waals surface area contributed by atoms with Crippen LogP contribution in [-0.4, -0.2) is 44.1 Å². The lowest BCUT2D eigenvalue weighted by atomic mass is 9.97. The molecule has 0 radical (unpaired) electrons. The minimum atomic E-state index is -3.10. The van der Waals surface area contributed by atoms with E-state index in [1.165, 1.54) is 17.6 Å². The van der Waals surface area contributed by atoms with E-state index in [1.807, 2.05) is 18.7 Å². The summed E-state index contributed by atoms with van der Waals surface area (Å²) >= 11 is 1.37. The van der Waals surface area contributed by atoms with Gasteiger partial charge in [0.05, 0.1) is 10.6 Å². The van der Waals surface area contributed by atoms with Crippen molar-refractivity contribution in [1.29, 1.82) is 0 Å². The van der Waals surface area contributed by atoms with Crippen LogP contribution in [-0.2, 0) is 15.6 Å². The molecule has 2 heterocycles. The second-order valence-corrected chi connectivity index (χ2v) is 9.58. The van der Waals surface area contributed by atoms with E-state index >= 15 is 0 Å². The van der Waals surface area contributed by atoms with Gasteiger partial charge in [0.1, 0.15) is 0 Å². The summed E-state index contributed by atoms with van der Waals surface area (Å²) in [6.07, 6.45) is 4.24. The van der Waals surface area contributed by atoms with Gasteiger partial charge in [0.25, 0.3) is 5.91 Å². The first-order chi connectivity index (χ1) is 10.2. The molecule has 22 heavy (non-hydrogen) atoms. The Labute approximate surface area is 136 Å². The highest BCUT2D eigenvalue weighted by Gasteiger charge is 2.31. The largest absolute Gasteiger partial charge is 0.333 e. The van der Waals surface area contributed by atoms with Crippen molar-refractivity contribution in [3.63, 3.8) is 0 Å². The predicted molar refractivity (Wildman–Crippen MR) is 89.9 cm³/mol. The molecule has 2 N–H and O–H groups in total. The number of nitrogens with two attached hydrogens (primary N) is 1. The van der Waals surface area contributed by atoms with Gasteiger partial charge in [0.2, 0.25) is 0 Å². The molecule has 0 spiro atoms. The topological polar surface area (TPSA) is 80.5 Å². The van der Waals surface area contributed by atoms with Gasteiger partial charge in [-0.2, -0.15) is 0 Å². The molecule has 1 aromatic rings. The fourth-order valence-electron chi connectivity index (χ4n) is 2.95. The minimum Gasteiger partial charge on any atom is -0.333 e. The number of carbonyl (C=O) groups excluding carboxylic acids is 1. The summed E-state index contributed by atoms with van der Waals surface area (Å²) in [7, 11) is -3.10. The molecule has 7 heteroatoms. The van der Waals surface area contributed by atoms with Gasteiger partial charge in [0.15, 0.2) is 9.84 Å². The van der Waals surface area contributed by atoms with Gasteiger partial charge in [-0.05, 0) is 44.7 Å². The number of hydrogen-bond donors (Lipinski definition) is 1. The second-order valence-electron chi connectivity index (χ2n) is 6.18. The average molecular weight is 345 g/mol. The molecule has 1 fully saturated rings. The second kappa shape index (κ2) is 6.68. The molecule has 1 aliphatic rings. The lowest BCUT2D eigenvalue weighted by molar-refractivity contribution is 0.0589. The summed E-state index contributed by atoms with van der Waals surface area (Å²) in [4.78, 5) is 16.1. The first kappa shape index (κ1) is 17.4. The zero-order chi connectivity index (χ0) is 16.5. The number of rotatable bonds is 4. The highest BCUT2D eigenvalue weighted by Crippen LogP contribution is 2.28. The van der Waals surface area contributed by atoms with Crippen molar-refractivity contribution in [2.75, 3.05) is 12.8 Å². The van der Waals surface area contributed by atoms with Crippen molar-refractivity contribution in [2.45, 2.75) is 50.9 Å². The number of sulfone groups is 1. The number of nitrogens with zero attached hydrogens (tertiary/aromatic N) is 1. The number of amides is 1. The minimum absolute atomic E-state index is 0.0146. The number of likely N-dealkylation sites (tertiary alicyclic amines) is 1. The molecular weight excluding hydrogens is 320 g/mol. The van der Waals surface area contributed by atoms with Crippen LogP contribution >= 0.6 is 11.3 Å². The third-order valence-corrected chi connectivity index (χ3v) is 5.98. The monoisotopic (exact) mass is 344 g/mol. The van der Waals surface area contributed by atoms with Crippen LogP contribution < -0.4 is 5.73 Å². The molecule has 2 atom stereocenters. The third-order valence-electron chi connectivity index (χ3n) is 4.07. The zero-order valence-electron chi connectivity index (χ0n) is 13.3. The molecule has 124 valence electrons. The summed E-state index contributed by atoms with van der Waals surface area (Å²) in [5, 5.41) is 0. The van der Waals surface area contributed by atoms with E-state index in [-0.39, 0.29) is 23.7 Å². The summed E-state index contributed by atoms with van der Waals surface area (Å²) < 4.78 is 22.9. The molecule has 1 amide bonds. The van der Waals surface area contributed by atoms with E-state index in [1.54, 1.807) is 6.07 Å². The van der Waals surface area contributed by atoms with Crippen LogP contribution in [0.2, 0.25) is 0 Å². The van der Waals surface area contributed by atoms with Gasteiger partial charge in [-0.3, -0.25) is 4.79 Å². The molecule has 0 unspecified atom stereocenters. The molecule has 5 nitrogen and oxygen atoms in total. The van der Waals surface area contributed by atoms with Gasteiger partial charge >= 0.3 is 0 Å². The smallest absolute Gasteiger partial charge is 0.264 e. The van der Waals surface area contributed by atoms with Gasteiger partial charge in [0, 0.05) is 29.8 Å². The highest BCUT2D eigenvalue weighted by atomic mass is 32.2. The predicted octanol–water partition coefficient (Wildman–Crippen LogP) is 1.94. The Balaban J connectivity index is 2.23.